The Morgan fingerprint density at radius 1 is 0.560 bits per heavy atom. The Hall–Kier alpha value is -5.48. The van der Waals surface area contributed by atoms with Crippen molar-refractivity contribution in [3.63, 3.8) is 0 Å². The van der Waals surface area contributed by atoms with Crippen molar-refractivity contribution in [3.05, 3.63) is 166 Å². The van der Waals surface area contributed by atoms with Crippen LogP contribution in [-0.4, -0.2) is 36.8 Å². The maximum absolute atomic E-state index is 2.58. The third-order valence-corrected chi connectivity index (χ3v) is 11.6. The summed E-state index contributed by atoms with van der Waals surface area (Å²) < 4.78 is 9.86. The zero-order chi connectivity index (χ0) is 33.9. The Balaban J connectivity index is 1.00. The molecule has 0 fully saturated rings. The fraction of sp³-hybridized carbons (Fsp3) is 0.217. The lowest BCUT2D eigenvalue weighted by Crippen LogP contribution is -2.20. The van der Waals surface area contributed by atoms with E-state index < -0.39 is 0 Å². The van der Waals surface area contributed by atoms with Gasteiger partial charge >= 0.3 is 0 Å². The van der Waals surface area contributed by atoms with Crippen LogP contribution in [0.25, 0.3) is 21.8 Å². The topological polar surface area (TPSA) is 15.9 Å². The molecule has 0 aliphatic carbocycles. The summed E-state index contributed by atoms with van der Waals surface area (Å²) in [6, 6.07) is 45.0. The molecule has 2 aromatic heterocycles. The van der Waals surface area contributed by atoms with Gasteiger partial charge in [0.25, 0.3) is 0 Å². The van der Waals surface area contributed by atoms with Crippen molar-refractivity contribution >= 4 is 44.6 Å². The standard InChI is InChI=1S/C46H44N4/c1-31-41(39-15-7-11-19-45(39)47(31)3)28-42-32(2)49(46-20-12-8-16-40(42)46)29-33-21-23-34(24-22-33)30-50-38(26-36-14-6-10-18-44(36)50)27-37-25-35-13-5-9-17-43(35)48(37)4/h5-24H,25-30H2,1-4H3/q+2. The number of benzene rings is 5. The zero-order valence-electron chi connectivity index (χ0n) is 29.6. The molecular formula is C46H44N4+2. The Morgan fingerprint density at radius 2 is 1.12 bits per heavy atom. The summed E-state index contributed by atoms with van der Waals surface area (Å²) >= 11 is 0. The predicted molar refractivity (Wildman–Crippen MR) is 207 cm³/mol. The normalized spacial score (nSPS) is 14.0. The van der Waals surface area contributed by atoms with Gasteiger partial charge in [-0.2, -0.15) is 4.58 Å². The van der Waals surface area contributed by atoms with Crippen LogP contribution in [0, 0.1) is 13.8 Å². The lowest BCUT2D eigenvalue weighted by molar-refractivity contribution is -0.456. The quantitative estimate of drug-likeness (QED) is 0.145. The largest absolute Gasteiger partial charge is 0.348 e. The second-order valence-corrected chi connectivity index (χ2v) is 14.4. The number of aryl methyl sites for hydroxylation is 1. The molecule has 0 saturated heterocycles. The van der Waals surface area contributed by atoms with E-state index in [4.69, 9.17) is 0 Å². The van der Waals surface area contributed by atoms with Crippen LogP contribution < -0.4 is 0 Å². The summed E-state index contributed by atoms with van der Waals surface area (Å²) in [5, 5.41) is 2.72. The van der Waals surface area contributed by atoms with Gasteiger partial charge in [-0.05, 0) is 42.7 Å². The summed E-state index contributed by atoms with van der Waals surface area (Å²) in [5.41, 5.74) is 19.4. The molecule has 7 aromatic rings. The van der Waals surface area contributed by atoms with Gasteiger partial charge in [0.15, 0.2) is 18.0 Å². The molecule has 0 amide bonds. The molecule has 246 valence electrons. The molecule has 0 bridgehead atoms. The van der Waals surface area contributed by atoms with Gasteiger partial charge < -0.3 is 9.13 Å². The first-order chi connectivity index (χ1) is 24.4. The highest BCUT2D eigenvalue weighted by molar-refractivity contribution is 6.05. The van der Waals surface area contributed by atoms with Crippen molar-refractivity contribution in [2.45, 2.75) is 52.6 Å². The van der Waals surface area contributed by atoms with Crippen LogP contribution in [0.3, 0.4) is 0 Å². The van der Waals surface area contributed by atoms with Crippen molar-refractivity contribution in [3.8, 4) is 0 Å². The van der Waals surface area contributed by atoms with Gasteiger partial charge in [-0.1, -0.05) is 97.1 Å². The van der Waals surface area contributed by atoms with Gasteiger partial charge in [-0.15, -0.1) is 0 Å². The van der Waals surface area contributed by atoms with Crippen molar-refractivity contribution in [1.29, 1.82) is 0 Å². The molecule has 0 saturated carbocycles. The third-order valence-electron chi connectivity index (χ3n) is 11.6. The van der Waals surface area contributed by atoms with Crippen LogP contribution in [-0.2, 0) is 39.4 Å². The molecule has 0 N–H and O–H groups in total. The summed E-state index contributed by atoms with van der Waals surface area (Å²) in [7, 11) is 4.42. The minimum Gasteiger partial charge on any atom is -0.348 e. The maximum atomic E-state index is 2.58. The van der Waals surface area contributed by atoms with Gasteiger partial charge in [0.05, 0.1) is 12.8 Å². The molecule has 0 atom stereocenters. The van der Waals surface area contributed by atoms with E-state index in [0.29, 0.717) is 0 Å². The summed E-state index contributed by atoms with van der Waals surface area (Å²) in [6.45, 7) is 6.31. The van der Waals surface area contributed by atoms with Crippen molar-refractivity contribution in [2.24, 2.45) is 7.05 Å². The first kappa shape index (κ1) is 30.6. The Labute approximate surface area is 294 Å². The Morgan fingerprint density at radius 3 is 1.86 bits per heavy atom. The van der Waals surface area contributed by atoms with Crippen LogP contribution in [0.2, 0.25) is 0 Å². The predicted octanol–water partition coefficient (Wildman–Crippen LogP) is 9.59. The SMILES string of the molecule is Cc1c(Cc2c(C)n(Cc3ccc(C[N+]4=C(CC5=[N+](C)c6ccccc6C5)Cc5ccccc54)cc3)c3ccccc23)c2ccccc2n1C. The average Bonchev–Trinajstić information content (AvgIpc) is 3.82. The molecule has 50 heavy (non-hydrogen) atoms. The minimum atomic E-state index is 0.857. The lowest BCUT2D eigenvalue weighted by atomic mass is 9.99. The smallest absolute Gasteiger partial charge is 0.209 e. The van der Waals surface area contributed by atoms with Crippen LogP contribution in [0.15, 0.2) is 121 Å². The molecule has 4 heteroatoms. The minimum absolute atomic E-state index is 0.857. The third kappa shape index (κ3) is 5.05. The number of hydrogen-bond acceptors (Lipinski definition) is 0. The van der Waals surface area contributed by atoms with Crippen LogP contribution in [0.1, 0.15) is 51.2 Å². The monoisotopic (exact) mass is 652 g/mol. The molecule has 2 aliphatic heterocycles. The first-order valence-electron chi connectivity index (χ1n) is 18.0. The summed E-state index contributed by atoms with van der Waals surface area (Å²) in [4.78, 5) is 0. The molecule has 4 heterocycles. The molecule has 0 unspecified atom stereocenters. The second kappa shape index (κ2) is 12.1. The lowest BCUT2D eigenvalue weighted by Gasteiger charge is -2.11. The number of nitrogens with zero attached hydrogens (tertiary/aromatic N) is 4. The highest BCUT2D eigenvalue weighted by atomic mass is 15.1. The van der Waals surface area contributed by atoms with Gasteiger partial charge in [0, 0.05) is 82.0 Å². The zero-order valence-corrected chi connectivity index (χ0v) is 29.6. The number of para-hydroxylation sites is 4. The number of rotatable bonds is 8. The Bertz CT molecular complexity index is 2520. The number of aromatic nitrogens is 2. The van der Waals surface area contributed by atoms with Crippen LogP contribution >= 0.6 is 0 Å². The van der Waals surface area contributed by atoms with E-state index in [9.17, 15) is 0 Å². The van der Waals surface area contributed by atoms with E-state index >= 15 is 0 Å². The van der Waals surface area contributed by atoms with Gasteiger partial charge in [0.2, 0.25) is 11.4 Å². The maximum Gasteiger partial charge on any atom is 0.209 e. The Kier molecular flexibility index (Phi) is 7.42. The summed E-state index contributed by atoms with van der Waals surface area (Å²) in [6.07, 6.45) is 3.98. The van der Waals surface area contributed by atoms with Crippen LogP contribution in [0.5, 0.6) is 0 Å². The van der Waals surface area contributed by atoms with Gasteiger partial charge in [-0.25, -0.2) is 4.58 Å². The molecule has 4 nitrogen and oxygen atoms in total. The van der Waals surface area contributed by atoms with E-state index in [1.165, 1.54) is 89.4 Å². The molecule has 0 spiro atoms. The van der Waals surface area contributed by atoms with E-state index in [1.807, 2.05) is 0 Å². The van der Waals surface area contributed by atoms with E-state index in [1.54, 1.807) is 0 Å². The number of fused-ring (bicyclic) bond motifs is 4. The fourth-order valence-corrected chi connectivity index (χ4v) is 8.72. The number of hydrogen-bond donors (Lipinski definition) is 0. The highest BCUT2D eigenvalue weighted by Gasteiger charge is 2.35. The van der Waals surface area contributed by atoms with Gasteiger partial charge in [0.1, 0.15) is 13.5 Å². The molecular weight excluding hydrogens is 609 g/mol. The molecule has 2 aliphatic rings. The van der Waals surface area contributed by atoms with Crippen molar-refractivity contribution < 1.29 is 9.15 Å². The van der Waals surface area contributed by atoms with Crippen molar-refractivity contribution in [2.75, 3.05) is 7.05 Å². The van der Waals surface area contributed by atoms with E-state index in [-0.39, 0.29) is 0 Å². The molecule has 9 rings (SSSR count). The summed E-state index contributed by atoms with van der Waals surface area (Å²) in [5.74, 6) is 0. The van der Waals surface area contributed by atoms with E-state index in [0.717, 1.165) is 38.8 Å². The second-order valence-electron chi connectivity index (χ2n) is 14.4. The van der Waals surface area contributed by atoms with Crippen molar-refractivity contribution in [1.82, 2.24) is 9.13 Å². The first-order valence-corrected chi connectivity index (χ1v) is 18.0. The average molecular weight is 653 g/mol. The van der Waals surface area contributed by atoms with E-state index in [2.05, 4.69) is 168 Å². The molecule has 5 aromatic carbocycles. The van der Waals surface area contributed by atoms with Gasteiger partial charge in [-0.3, -0.25) is 0 Å². The van der Waals surface area contributed by atoms with Crippen LogP contribution in [0.4, 0.5) is 11.4 Å². The fourth-order valence-electron chi connectivity index (χ4n) is 8.72. The highest BCUT2D eigenvalue weighted by Crippen LogP contribution is 2.34. The molecule has 0 radical (unpaired) electrons.